The van der Waals surface area contributed by atoms with Gasteiger partial charge < -0.3 is 45.3 Å². The largest absolute Gasteiger partial charge is 0.494 e. The molecule has 1 unspecified atom stereocenters. The van der Waals surface area contributed by atoms with Gasteiger partial charge in [0.25, 0.3) is 5.91 Å². The van der Waals surface area contributed by atoms with Crippen LogP contribution in [0.1, 0.15) is 81.9 Å². The summed E-state index contributed by atoms with van der Waals surface area (Å²) in [6, 6.07) is 11.5. The van der Waals surface area contributed by atoms with Gasteiger partial charge >= 0.3 is 0 Å². The first-order valence-corrected chi connectivity index (χ1v) is 20.7. The zero-order valence-corrected chi connectivity index (χ0v) is 34.0. The summed E-state index contributed by atoms with van der Waals surface area (Å²) in [5.74, 6) is -4.18. The maximum atomic E-state index is 14.7. The molecule has 2 saturated heterocycles. The van der Waals surface area contributed by atoms with Crippen LogP contribution in [0.2, 0.25) is 0 Å². The molecule has 5 aliphatic rings. The molecule has 2 aromatic rings. The third kappa shape index (κ3) is 10.8. The molecular formula is C43H56N6O10. The Bertz CT molecular complexity index is 1850. The lowest BCUT2D eigenvalue weighted by Crippen LogP contribution is -2.60. The number of nitrogens with one attached hydrogen (secondary N) is 4. The third-order valence-electron chi connectivity index (χ3n) is 11.4. The predicted molar refractivity (Wildman–Crippen MR) is 213 cm³/mol. The number of Topliss-reactive ketones (excluding diaryl/α,β-unsaturated/α-hetero) is 1. The molecule has 16 heteroatoms. The fourth-order valence-electron chi connectivity index (χ4n) is 8.38. The Labute approximate surface area is 344 Å². The first-order chi connectivity index (χ1) is 28.4. The number of nitrogens with zero attached hydrogens (tertiary/aromatic N) is 2. The minimum absolute atomic E-state index is 0.0245. The molecule has 6 bridgehead atoms. The van der Waals surface area contributed by atoms with Gasteiger partial charge in [0.15, 0.2) is 6.29 Å². The zero-order chi connectivity index (χ0) is 42.1. The van der Waals surface area contributed by atoms with Crippen LogP contribution in [0.25, 0.3) is 0 Å². The highest BCUT2D eigenvalue weighted by atomic mass is 16.7. The van der Waals surface area contributed by atoms with E-state index in [1.54, 1.807) is 51.4 Å². The van der Waals surface area contributed by atoms with Gasteiger partial charge in [-0.1, -0.05) is 75.1 Å². The Balaban J connectivity index is 1.18. The van der Waals surface area contributed by atoms with E-state index in [4.69, 9.17) is 14.2 Å². The molecule has 1 saturated carbocycles. The first kappa shape index (κ1) is 43.2. The van der Waals surface area contributed by atoms with E-state index in [0.29, 0.717) is 37.2 Å². The van der Waals surface area contributed by atoms with Crippen LogP contribution in [-0.2, 0) is 49.5 Å². The lowest BCUT2D eigenvalue weighted by molar-refractivity contribution is -0.151. The smallest absolute Gasteiger partial charge is 0.290 e. The summed E-state index contributed by atoms with van der Waals surface area (Å²) in [7, 11) is 3.12. The monoisotopic (exact) mass is 816 g/mol. The van der Waals surface area contributed by atoms with Crippen molar-refractivity contribution in [1.29, 1.82) is 0 Å². The van der Waals surface area contributed by atoms with Crippen LogP contribution in [0.3, 0.4) is 0 Å². The molecule has 4 aliphatic heterocycles. The number of ether oxygens (including phenoxy) is 3. The van der Waals surface area contributed by atoms with Gasteiger partial charge in [-0.05, 0) is 54.9 Å². The molecule has 7 rings (SSSR count). The Hall–Kier alpha value is -5.35. The quantitative estimate of drug-likeness (QED) is 0.229. The molecule has 0 spiro atoms. The number of amides is 6. The Morgan fingerprint density at radius 3 is 2.41 bits per heavy atom. The van der Waals surface area contributed by atoms with Crippen molar-refractivity contribution in [1.82, 2.24) is 31.1 Å². The average molecular weight is 817 g/mol. The van der Waals surface area contributed by atoms with E-state index in [1.807, 2.05) is 24.3 Å². The number of fused-ring (bicyclic) bond motifs is 7. The lowest BCUT2D eigenvalue weighted by atomic mass is 9.83. The minimum atomic E-state index is -1.29. The highest BCUT2D eigenvalue weighted by Gasteiger charge is 2.56. The number of carbonyl (C=O) groups is 7. The number of rotatable bonds is 12. The van der Waals surface area contributed by atoms with Crippen LogP contribution in [0.15, 0.2) is 54.6 Å². The molecule has 4 N–H and O–H groups in total. The van der Waals surface area contributed by atoms with E-state index in [1.165, 1.54) is 9.80 Å². The van der Waals surface area contributed by atoms with Gasteiger partial charge in [0, 0.05) is 20.5 Å². The maximum absolute atomic E-state index is 14.7. The van der Waals surface area contributed by atoms with E-state index in [-0.39, 0.29) is 37.1 Å². The van der Waals surface area contributed by atoms with Gasteiger partial charge in [0.1, 0.15) is 36.1 Å². The summed E-state index contributed by atoms with van der Waals surface area (Å²) in [4.78, 5) is 98.2. The summed E-state index contributed by atoms with van der Waals surface area (Å²) in [5.41, 5.74) is 1.28. The number of likely N-dealkylation sites (N-methyl/N-ethyl adjacent to an activating group) is 1. The summed E-state index contributed by atoms with van der Waals surface area (Å²) in [6.45, 7) is 1.57. The molecule has 1 aliphatic carbocycles. The molecule has 7 atom stereocenters. The van der Waals surface area contributed by atoms with Crippen molar-refractivity contribution in [2.24, 2.45) is 5.92 Å². The topological polar surface area (TPSA) is 202 Å². The molecule has 0 aromatic heterocycles. The standard InChI is InChI=1S/C43H56N6O10/c1-4-13-30(38(52)41(54)44-24-33(51)47-35(42(55)48(2)3)27-15-7-5-8-16-27)45-40(53)37-39-31-25-49(37)43(56)36(28-17-9-6-10-18-28)46-32(50)23-26-14-11-19-29(22-26)57-21-12-20-34(58-31)59-39/h5,7-8,11,14-16,19,22,28,30-31,34-37,39H,4,6,9-10,12-13,17-18,20-21,23-25H2,1-3H3,(H,44,54)(H,45,53)(H,46,50)(H,47,51)/t30-,31+,34?,35+,36+,37+,39+/m1/s1. The van der Waals surface area contributed by atoms with Gasteiger partial charge in [-0.3, -0.25) is 33.6 Å². The van der Waals surface area contributed by atoms with E-state index in [0.717, 1.165) is 37.7 Å². The summed E-state index contributed by atoms with van der Waals surface area (Å²) < 4.78 is 18.5. The van der Waals surface area contributed by atoms with E-state index < -0.39 is 78.6 Å². The van der Waals surface area contributed by atoms with Crippen molar-refractivity contribution in [2.45, 2.75) is 114 Å². The minimum Gasteiger partial charge on any atom is -0.494 e. The van der Waals surface area contributed by atoms with Crippen LogP contribution >= 0.6 is 0 Å². The SMILES string of the molecule is CCC[C@@H](NC(=O)[C@@H]1[C@H]2OC3CCCOc4cccc(c4)CC(=O)N[C@@H](C4CCCCC4)C(=O)N1C[C@@H]2O3)C(=O)C(=O)NCC(=O)N[C@H](C(=O)N(C)C)c1ccccc1. The number of hydrogen-bond donors (Lipinski definition) is 4. The molecule has 4 heterocycles. The molecule has 0 radical (unpaired) electrons. The normalized spacial score (nSPS) is 24.5. The highest BCUT2D eigenvalue weighted by Crippen LogP contribution is 2.36. The van der Waals surface area contributed by atoms with Crippen molar-refractivity contribution >= 4 is 41.2 Å². The molecule has 3 fully saturated rings. The van der Waals surface area contributed by atoms with E-state index in [9.17, 15) is 33.6 Å². The second-order valence-corrected chi connectivity index (χ2v) is 15.9. The van der Waals surface area contributed by atoms with Crippen LogP contribution in [0.5, 0.6) is 5.75 Å². The molecule has 6 amide bonds. The van der Waals surface area contributed by atoms with Crippen molar-refractivity contribution in [3.8, 4) is 5.75 Å². The molecular weight excluding hydrogens is 761 g/mol. The number of carbonyl (C=O) groups excluding carboxylic acids is 7. The average Bonchev–Trinajstić information content (AvgIpc) is 3.80. The van der Waals surface area contributed by atoms with E-state index in [2.05, 4.69) is 21.3 Å². The van der Waals surface area contributed by atoms with Crippen molar-refractivity contribution in [2.75, 3.05) is 33.8 Å². The van der Waals surface area contributed by atoms with Gasteiger partial charge in [0.2, 0.25) is 35.3 Å². The van der Waals surface area contributed by atoms with E-state index >= 15 is 0 Å². The fourth-order valence-corrected chi connectivity index (χ4v) is 8.38. The van der Waals surface area contributed by atoms with Gasteiger partial charge in [-0.2, -0.15) is 0 Å². The van der Waals surface area contributed by atoms with Gasteiger partial charge in [-0.25, -0.2) is 0 Å². The second kappa shape index (κ2) is 20.1. The number of ketones is 1. The van der Waals surface area contributed by atoms with Gasteiger partial charge in [0.05, 0.1) is 32.2 Å². The third-order valence-corrected chi connectivity index (χ3v) is 11.4. The second-order valence-electron chi connectivity index (χ2n) is 15.9. The van der Waals surface area contributed by atoms with Gasteiger partial charge in [-0.15, -0.1) is 0 Å². The number of benzene rings is 2. The number of hydrogen-bond acceptors (Lipinski definition) is 10. The first-order valence-electron chi connectivity index (χ1n) is 20.7. The lowest BCUT2D eigenvalue weighted by Gasteiger charge is -2.35. The molecule has 59 heavy (non-hydrogen) atoms. The van der Waals surface area contributed by atoms with Crippen LogP contribution in [0.4, 0.5) is 0 Å². The van der Waals surface area contributed by atoms with Crippen LogP contribution < -0.4 is 26.0 Å². The molecule has 318 valence electrons. The molecule has 2 aromatic carbocycles. The Kier molecular flexibility index (Phi) is 14.7. The van der Waals surface area contributed by atoms with Crippen molar-refractivity contribution in [3.05, 3.63) is 65.7 Å². The maximum Gasteiger partial charge on any atom is 0.290 e. The highest BCUT2D eigenvalue weighted by molar-refractivity contribution is 6.38. The molecule has 16 nitrogen and oxygen atoms in total. The fraction of sp³-hybridized carbons (Fsp3) is 0.558. The zero-order valence-electron chi connectivity index (χ0n) is 34.0. The summed E-state index contributed by atoms with van der Waals surface area (Å²) >= 11 is 0. The van der Waals surface area contributed by atoms with Crippen LogP contribution in [-0.4, -0.2) is 121 Å². The summed E-state index contributed by atoms with van der Waals surface area (Å²) in [6.07, 6.45) is 3.64. The van der Waals surface area contributed by atoms with Crippen molar-refractivity contribution < 1.29 is 47.8 Å². The van der Waals surface area contributed by atoms with Crippen LogP contribution in [0, 0.1) is 5.92 Å². The predicted octanol–water partition coefficient (Wildman–Crippen LogP) is 1.70. The summed E-state index contributed by atoms with van der Waals surface area (Å²) in [5, 5.41) is 10.7. The van der Waals surface area contributed by atoms with Crippen molar-refractivity contribution in [3.63, 3.8) is 0 Å². The Morgan fingerprint density at radius 2 is 1.68 bits per heavy atom. The Morgan fingerprint density at radius 1 is 0.915 bits per heavy atom.